The van der Waals surface area contributed by atoms with Crippen molar-refractivity contribution in [2.24, 2.45) is 0 Å². The SMILES string of the molecule is COc1c(F)cccc1Nc1nc(NCCCn2ccnc2)nc(NC2CCCCCC2)n1. The minimum atomic E-state index is -0.453. The van der Waals surface area contributed by atoms with Gasteiger partial charge in [0.25, 0.3) is 0 Å². The molecule has 1 aromatic carbocycles. The van der Waals surface area contributed by atoms with Crippen molar-refractivity contribution in [1.29, 1.82) is 0 Å². The first kappa shape index (κ1) is 22.8. The second-order valence-corrected chi connectivity index (χ2v) is 8.17. The highest BCUT2D eigenvalue weighted by Gasteiger charge is 2.16. The third-order valence-corrected chi connectivity index (χ3v) is 5.68. The number of halogens is 1. The fourth-order valence-corrected chi connectivity index (χ4v) is 4.00. The highest BCUT2D eigenvalue weighted by atomic mass is 19.1. The third-order valence-electron chi connectivity index (χ3n) is 5.68. The Morgan fingerprint density at radius 1 is 1.06 bits per heavy atom. The molecule has 2 aromatic heterocycles. The largest absolute Gasteiger partial charge is 0.492 e. The van der Waals surface area contributed by atoms with E-state index in [1.54, 1.807) is 24.7 Å². The number of rotatable bonds is 10. The van der Waals surface area contributed by atoms with E-state index in [0.717, 1.165) is 25.8 Å². The highest BCUT2D eigenvalue weighted by molar-refractivity contribution is 5.63. The zero-order valence-corrected chi connectivity index (χ0v) is 18.9. The predicted octanol–water partition coefficient (Wildman–Crippen LogP) is 4.60. The number of ether oxygens (including phenoxy) is 1. The number of hydrogen-bond acceptors (Lipinski definition) is 8. The Hall–Kier alpha value is -3.43. The molecule has 176 valence electrons. The average molecular weight is 455 g/mol. The number of methoxy groups -OCH3 is 1. The van der Waals surface area contributed by atoms with Crippen LogP contribution in [-0.2, 0) is 6.54 Å². The molecule has 33 heavy (non-hydrogen) atoms. The molecule has 2 heterocycles. The lowest BCUT2D eigenvalue weighted by Crippen LogP contribution is -2.21. The Morgan fingerprint density at radius 3 is 2.61 bits per heavy atom. The van der Waals surface area contributed by atoms with E-state index in [-0.39, 0.29) is 5.75 Å². The van der Waals surface area contributed by atoms with Crippen molar-refractivity contribution in [3.05, 3.63) is 42.7 Å². The standard InChI is InChI=1S/C23H31FN8O/c1-33-20-18(24)10-6-11-19(20)28-23-30-21(26-12-7-14-32-15-13-25-16-32)29-22(31-23)27-17-8-4-2-3-5-9-17/h6,10-11,13,15-17H,2-5,7-9,12,14H2,1H3,(H3,26,27,28,29,30,31). The molecule has 10 heteroatoms. The van der Waals surface area contributed by atoms with Crippen LogP contribution in [0.15, 0.2) is 36.9 Å². The molecule has 4 rings (SSSR count). The smallest absolute Gasteiger partial charge is 0.233 e. The van der Waals surface area contributed by atoms with Crippen LogP contribution in [0, 0.1) is 5.82 Å². The number of imidazole rings is 1. The summed E-state index contributed by atoms with van der Waals surface area (Å²) >= 11 is 0. The second kappa shape index (κ2) is 11.4. The normalized spacial score (nSPS) is 14.5. The first-order chi connectivity index (χ1) is 16.2. The molecule has 3 aromatic rings. The molecular formula is C23H31FN8O. The van der Waals surface area contributed by atoms with Gasteiger partial charge in [-0.15, -0.1) is 0 Å². The Morgan fingerprint density at radius 2 is 1.85 bits per heavy atom. The fraction of sp³-hybridized carbons (Fsp3) is 0.478. The van der Waals surface area contributed by atoms with Gasteiger partial charge in [0.05, 0.1) is 19.1 Å². The van der Waals surface area contributed by atoms with E-state index >= 15 is 0 Å². The number of hydrogen-bond donors (Lipinski definition) is 3. The van der Waals surface area contributed by atoms with Crippen LogP contribution in [0.2, 0.25) is 0 Å². The topological polar surface area (TPSA) is 102 Å². The zero-order chi connectivity index (χ0) is 22.9. The molecule has 0 aliphatic heterocycles. The molecule has 1 aliphatic rings. The molecule has 1 aliphatic carbocycles. The molecular weight excluding hydrogens is 423 g/mol. The molecule has 0 bridgehead atoms. The predicted molar refractivity (Wildman–Crippen MR) is 127 cm³/mol. The summed E-state index contributed by atoms with van der Waals surface area (Å²) in [6.45, 7) is 1.53. The maximum absolute atomic E-state index is 14.1. The van der Waals surface area contributed by atoms with E-state index in [4.69, 9.17) is 4.74 Å². The summed E-state index contributed by atoms with van der Waals surface area (Å²) in [6, 6.07) is 5.02. The summed E-state index contributed by atoms with van der Waals surface area (Å²) in [5.41, 5.74) is 0.454. The van der Waals surface area contributed by atoms with Crippen LogP contribution in [0.3, 0.4) is 0 Å². The van der Waals surface area contributed by atoms with Crippen LogP contribution >= 0.6 is 0 Å². The lowest BCUT2D eigenvalue weighted by Gasteiger charge is -2.18. The van der Waals surface area contributed by atoms with Gasteiger partial charge in [0.15, 0.2) is 11.6 Å². The number of aryl methyl sites for hydroxylation is 1. The Bertz CT molecular complexity index is 1010. The lowest BCUT2D eigenvalue weighted by molar-refractivity contribution is 0.388. The summed E-state index contributed by atoms with van der Waals surface area (Å²) in [4.78, 5) is 17.7. The maximum Gasteiger partial charge on any atom is 0.233 e. The van der Waals surface area contributed by atoms with Gasteiger partial charge in [-0.2, -0.15) is 15.0 Å². The molecule has 0 unspecified atom stereocenters. The number of anilines is 4. The third kappa shape index (κ3) is 6.53. The fourth-order valence-electron chi connectivity index (χ4n) is 4.00. The monoisotopic (exact) mass is 454 g/mol. The molecule has 0 radical (unpaired) electrons. The molecule has 0 saturated heterocycles. The van der Waals surface area contributed by atoms with Gasteiger partial charge in [0, 0.05) is 31.5 Å². The minimum absolute atomic E-state index is 0.117. The van der Waals surface area contributed by atoms with Gasteiger partial charge in [-0.3, -0.25) is 0 Å². The van der Waals surface area contributed by atoms with Crippen molar-refractivity contribution in [1.82, 2.24) is 24.5 Å². The summed E-state index contributed by atoms with van der Waals surface area (Å²) in [5, 5.41) is 9.85. The van der Waals surface area contributed by atoms with Crippen molar-refractivity contribution >= 4 is 23.5 Å². The van der Waals surface area contributed by atoms with Crippen molar-refractivity contribution < 1.29 is 9.13 Å². The summed E-state index contributed by atoms with van der Waals surface area (Å²) in [7, 11) is 1.43. The number of para-hydroxylation sites is 1. The number of aromatic nitrogens is 5. The van der Waals surface area contributed by atoms with Crippen LogP contribution in [0.5, 0.6) is 5.75 Å². The van der Waals surface area contributed by atoms with Gasteiger partial charge in [0.2, 0.25) is 17.8 Å². The van der Waals surface area contributed by atoms with Crippen LogP contribution in [-0.4, -0.2) is 44.2 Å². The van der Waals surface area contributed by atoms with Gasteiger partial charge in [-0.05, 0) is 31.4 Å². The van der Waals surface area contributed by atoms with E-state index in [2.05, 4.69) is 35.9 Å². The number of nitrogens with one attached hydrogen (secondary N) is 3. The molecule has 1 saturated carbocycles. The van der Waals surface area contributed by atoms with Crippen LogP contribution in [0.4, 0.5) is 27.9 Å². The van der Waals surface area contributed by atoms with Crippen LogP contribution in [0.25, 0.3) is 0 Å². The first-order valence-electron chi connectivity index (χ1n) is 11.5. The number of nitrogens with zero attached hydrogens (tertiary/aromatic N) is 5. The Kier molecular flexibility index (Phi) is 7.89. The average Bonchev–Trinajstić information content (AvgIpc) is 3.20. The molecule has 1 fully saturated rings. The molecule has 0 amide bonds. The van der Waals surface area contributed by atoms with Gasteiger partial charge >= 0.3 is 0 Å². The Balaban J connectivity index is 1.49. The highest BCUT2D eigenvalue weighted by Crippen LogP contribution is 2.29. The minimum Gasteiger partial charge on any atom is -0.492 e. The molecule has 3 N–H and O–H groups in total. The number of benzene rings is 1. The second-order valence-electron chi connectivity index (χ2n) is 8.17. The van der Waals surface area contributed by atoms with Crippen molar-refractivity contribution in [2.45, 2.75) is 57.5 Å². The van der Waals surface area contributed by atoms with E-state index in [1.165, 1.54) is 38.9 Å². The maximum atomic E-state index is 14.1. The van der Waals surface area contributed by atoms with Crippen molar-refractivity contribution in [3.8, 4) is 5.75 Å². The van der Waals surface area contributed by atoms with Crippen molar-refractivity contribution in [3.63, 3.8) is 0 Å². The lowest BCUT2D eigenvalue weighted by atomic mass is 10.1. The van der Waals surface area contributed by atoms with E-state index in [0.29, 0.717) is 36.1 Å². The summed E-state index contributed by atoms with van der Waals surface area (Å²) in [6.07, 6.45) is 13.5. The molecule has 0 spiro atoms. The molecule has 9 nitrogen and oxygen atoms in total. The molecule has 0 atom stereocenters. The van der Waals surface area contributed by atoms with E-state index in [9.17, 15) is 4.39 Å². The van der Waals surface area contributed by atoms with Crippen LogP contribution < -0.4 is 20.7 Å². The Labute approximate surface area is 193 Å². The van der Waals surface area contributed by atoms with Crippen LogP contribution in [0.1, 0.15) is 44.9 Å². The summed E-state index contributed by atoms with van der Waals surface area (Å²) in [5.74, 6) is 0.955. The zero-order valence-electron chi connectivity index (χ0n) is 18.9. The quantitative estimate of drug-likeness (QED) is 0.302. The van der Waals surface area contributed by atoms with E-state index in [1.807, 2.05) is 10.8 Å². The van der Waals surface area contributed by atoms with Gasteiger partial charge in [-0.1, -0.05) is 31.7 Å². The summed E-state index contributed by atoms with van der Waals surface area (Å²) < 4.78 is 21.4. The van der Waals surface area contributed by atoms with E-state index < -0.39 is 5.82 Å². The first-order valence-corrected chi connectivity index (χ1v) is 11.5. The van der Waals surface area contributed by atoms with Gasteiger partial charge in [-0.25, -0.2) is 9.37 Å². The van der Waals surface area contributed by atoms with Crippen molar-refractivity contribution in [2.75, 3.05) is 29.6 Å². The van der Waals surface area contributed by atoms with Gasteiger partial charge < -0.3 is 25.3 Å². The van der Waals surface area contributed by atoms with Gasteiger partial charge in [0.1, 0.15) is 0 Å².